The van der Waals surface area contributed by atoms with Gasteiger partial charge in [0.1, 0.15) is 11.6 Å². The minimum Gasteiger partial charge on any atom is -0.507 e. The second-order valence-electron chi connectivity index (χ2n) is 19.2. The number of pyridine rings is 1. The smallest absolute Gasteiger partial charge is 0.148 e. The number of benzene rings is 7. The zero-order valence-corrected chi connectivity index (χ0v) is 43.0. The maximum Gasteiger partial charge on any atom is 0.148 e. The summed E-state index contributed by atoms with van der Waals surface area (Å²) in [6, 6.07) is 47.6. The normalized spacial score (nSPS) is 15.5. The van der Waals surface area contributed by atoms with Crippen molar-refractivity contribution in [1.29, 1.82) is 0 Å². The van der Waals surface area contributed by atoms with E-state index in [2.05, 4.69) is 33.8 Å². The van der Waals surface area contributed by atoms with Crippen molar-refractivity contribution in [3.8, 4) is 78.6 Å². The third-order valence-corrected chi connectivity index (χ3v) is 13.1. The Kier molecular flexibility index (Phi) is 10.3. The van der Waals surface area contributed by atoms with Crippen LogP contribution >= 0.6 is 0 Å². The molecule has 1 N–H and O–H groups in total. The van der Waals surface area contributed by atoms with Gasteiger partial charge < -0.3 is 5.11 Å². The number of aryl methyl sites for hydroxylation is 1. The molecule has 0 atom stereocenters. The predicted molar refractivity (Wildman–Crippen MR) is 292 cm³/mol. The Morgan fingerprint density at radius 3 is 1.97 bits per heavy atom. The molecule has 0 aliphatic carbocycles. The van der Waals surface area contributed by atoms with Crippen molar-refractivity contribution in [3.05, 3.63) is 191 Å². The van der Waals surface area contributed by atoms with E-state index in [-0.39, 0.29) is 55.7 Å². The van der Waals surface area contributed by atoms with Crippen LogP contribution in [0.15, 0.2) is 152 Å². The van der Waals surface area contributed by atoms with Gasteiger partial charge in [-0.1, -0.05) is 196 Å². The van der Waals surface area contributed by atoms with Gasteiger partial charge in [0, 0.05) is 50.8 Å². The molecule has 5 heteroatoms. The van der Waals surface area contributed by atoms with E-state index in [1.807, 2.05) is 141 Å². The van der Waals surface area contributed by atoms with Crippen LogP contribution in [0.5, 0.6) is 5.75 Å². The third-order valence-electron chi connectivity index (χ3n) is 13.1. The van der Waals surface area contributed by atoms with Crippen molar-refractivity contribution in [2.45, 2.75) is 112 Å². The summed E-state index contributed by atoms with van der Waals surface area (Å²) in [5, 5.41) is 12.4. The summed E-state index contributed by atoms with van der Waals surface area (Å²) < 4.78 is 113. The number of para-hydroxylation sites is 1. The van der Waals surface area contributed by atoms with Crippen LogP contribution in [0.3, 0.4) is 0 Å². The van der Waals surface area contributed by atoms with E-state index in [9.17, 15) is 10.6 Å². The summed E-state index contributed by atoms with van der Waals surface area (Å²) in [4.78, 5) is 10.3. The monoisotopic (exact) mass is 1110 g/mol. The minimum absolute atomic E-state index is 0. The van der Waals surface area contributed by atoms with Crippen molar-refractivity contribution in [2.75, 3.05) is 0 Å². The van der Waals surface area contributed by atoms with Gasteiger partial charge in [-0.25, -0.2) is 4.98 Å². The van der Waals surface area contributed by atoms with Gasteiger partial charge in [-0.3, -0.25) is 9.55 Å². The summed E-state index contributed by atoms with van der Waals surface area (Å²) in [5.74, 6) is -0.612. The van der Waals surface area contributed by atoms with Gasteiger partial charge in [0.05, 0.1) is 22.3 Å². The van der Waals surface area contributed by atoms with Crippen LogP contribution in [0, 0.1) is 12.9 Å². The quantitative estimate of drug-likeness (QED) is 0.131. The summed E-state index contributed by atoms with van der Waals surface area (Å²) in [7, 11) is 0. The average Bonchev–Trinajstić information content (AvgIpc) is 2.52. The van der Waals surface area contributed by atoms with E-state index in [0.29, 0.717) is 67.2 Å². The summed E-state index contributed by atoms with van der Waals surface area (Å²) >= 11 is 0. The molecule has 70 heavy (non-hydrogen) atoms. The standard InChI is InChI=1S/C65H66N3O.Pt/c1-39(2)48-36-56(42(7)8)63(69)57(37-48)64-67-62-55(22-17-23-60(62)68(64)59-29-26-47(32-43(59)9)61-53(40(3)4)20-16-21-54(61)41(5)6)50-33-49(44-18-14-13-15-19-44)34-51(35-50)58-38-46(30-31-66-58)45-24-27-52(28-25-45)65(10,11)12;/h13-34,36-42,69H,1-12H3;/q-1;/i9D3,10D3,11D3,12D3,40D;. The molecule has 0 spiro atoms. The number of fused-ring (bicyclic) bond motifs is 1. The molecule has 9 rings (SSSR count). The van der Waals surface area contributed by atoms with E-state index < -0.39 is 38.7 Å². The molecule has 0 unspecified atom stereocenters. The molecule has 0 saturated carbocycles. The second kappa shape index (κ2) is 20.2. The van der Waals surface area contributed by atoms with Crippen LogP contribution in [-0.2, 0) is 26.5 Å². The first kappa shape index (κ1) is 35.7. The molecule has 0 aliphatic heterocycles. The first-order valence-electron chi connectivity index (χ1n) is 30.1. The Bertz CT molecular complexity index is 3810. The number of rotatable bonds is 11. The van der Waals surface area contributed by atoms with Crippen LogP contribution in [0.4, 0.5) is 0 Å². The maximum atomic E-state index is 12.4. The Labute approximate surface area is 449 Å². The number of hydrogen-bond acceptors (Lipinski definition) is 3. The fraction of sp³-hybridized carbons (Fsp3) is 0.262. The number of phenols is 1. The first-order valence-corrected chi connectivity index (χ1v) is 23.6. The molecular formula is C65H66N3OPt-. The minimum atomic E-state index is -3.41. The van der Waals surface area contributed by atoms with Crippen LogP contribution in [0.25, 0.3) is 83.9 Å². The van der Waals surface area contributed by atoms with Gasteiger partial charge in [0.15, 0.2) is 0 Å². The number of nitrogens with zero attached hydrogens (tertiary/aromatic N) is 3. The van der Waals surface area contributed by atoms with Crippen molar-refractivity contribution in [3.63, 3.8) is 0 Å². The summed E-state index contributed by atoms with van der Waals surface area (Å²) in [6.07, 6.45) is 1.61. The van der Waals surface area contributed by atoms with Crippen LogP contribution in [0.2, 0.25) is 0 Å². The molecule has 0 amide bonds. The summed E-state index contributed by atoms with van der Waals surface area (Å²) in [5.41, 5.74) is 8.52. The maximum absolute atomic E-state index is 12.4. The molecule has 0 aliphatic rings. The van der Waals surface area contributed by atoms with Crippen molar-refractivity contribution < 1.29 is 44.0 Å². The van der Waals surface area contributed by atoms with Crippen LogP contribution < -0.4 is 0 Å². The van der Waals surface area contributed by atoms with Gasteiger partial charge in [0.25, 0.3) is 0 Å². The molecular weight excluding hydrogens is 1030 g/mol. The Hall–Kier alpha value is -6.35. The Morgan fingerprint density at radius 1 is 0.600 bits per heavy atom. The van der Waals surface area contributed by atoms with Gasteiger partial charge in [0.2, 0.25) is 0 Å². The third kappa shape index (κ3) is 9.73. The molecule has 0 bridgehead atoms. The van der Waals surface area contributed by atoms with Crippen LogP contribution in [-0.4, -0.2) is 19.6 Å². The number of aromatic hydroxyl groups is 1. The fourth-order valence-corrected chi connectivity index (χ4v) is 9.36. The van der Waals surface area contributed by atoms with Crippen molar-refractivity contribution >= 4 is 11.0 Å². The van der Waals surface area contributed by atoms with E-state index in [4.69, 9.17) is 22.3 Å². The Balaban J connectivity index is 0.00000900. The second-order valence-corrected chi connectivity index (χ2v) is 19.2. The van der Waals surface area contributed by atoms with Gasteiger partial charge >= 0.3 is 0 Å². The molecule has 7 aromatic carbocycles. The number of hydrogen-bond donors (Lipinski definition) is 1. The fourth-order valence-electron chi connectivity index (χ4n) is 9.36. The van der Waals surface area contributed by atoms with Crippen molar-refractivity contribution in [2.24, 2.45) is 0 Å². The van der Waals surface area contributed by atoms with Gasteiger partial charge in [-0.05, 0) is 127 Å². The summed E-state index contributed by atoms with van der Waals surface area (Å²) in [6.45, 7) is 3.15. The molecule has 4 nitrogen and oxygen atoms in total. The zero-order valence-electron chi connectivity index (χ0n) is 53.8. The Morgan fingerprint density at radius 2 is 1.29 bits per heavy atom. The van der Waals surface area contributed by atoms with E-state index in [0.717, 1.165) is 38.9 Å². The predicted octanol–water partition coefficient (Wildman–Crippen LogP) is 18.0. The van der Waals surface area contributed by atoms with E-state index in [1.54, 1.807) is 18.3 Å². The topological polar surface area (TPSA) is 50.9 Å². The van der Waals surface area contributed by atoms with E-state index >= 15 is 0 Å². The number of imidazole rings is 1. The molecule has 0 fully saturated rings. The number of aromatic nitrogens is 3. The van der Waals surface area contributed by atoms with Gasteiger partial charge in [-0.2, -0.15) is 0 Å². The first-order chi connectivity index (χ1) is 38.2. The molecule has 2 heterocycles. The average molecular weight is 1110 g/mol. The number of phenolic OH excluding ortho intramolecular Hbond substituents is 1. The van der Waals surface area contributed by atoms with E-state index in [1.165, 1.54) is 24.3 Å². The molecule has 0 saturated heterocycles. The zero-order chi connectivity index (χ0) is 59.8. The van der Waals surface area contributed by atoms with Crippen LogP contribution in [0.1, 0.15) is 151 Å². The molecule has 2 aromatic heterocycles. The largest absolute Gasteiger partial charge is 0.507 e. The molecule has 358 valence electrons. The SMILES string of the molecule is [2H]C([2H])([2H])c1cc(-c2c(C(C)C)cccc2C([2H])(C)C)ccc1-n1c(-c2cc(C(C)C)cc(C(C)C)c2O)nc2c(-c3[c-]c(-c4cc(-c5ccc(C(C([2H])([2H])[2H])(C([2H])([2H])[2H])C([2H])([2H])[2H])cc5)ccn4)cc(-c4ccccc4)c3)cccc21.[Pt]. The molecule has 0 radical (unpaired) electrons. The van der Waals surface area contributed by atoms with Gasteiger partial charge in [-0.15, -0.1) is 23.8 Å². The van der Waals surface area contributed by atoms with Crippen molar-refractivity contribution in [1.82, 2.24) is 14.5 Å². The molecule has 9 aromatic rings.